The average Bonchev–Trinajstić information content (AvgIpc) is 2.32. The summed E-state index contributed by atoms with van der Waals surface area (Å²) in [6, 6.07) is 7.42. The lowest BCUT2D eigenvalue weighted by molar-refractivity contribution is 0.0451. The van der Waals surface area contributed by atoms with Crippen LogP contribution in [0.15, 0.2) is 24.3 Å². The maximum atomic E-state index is 13.1. The maximum absolute atomic E-state index is 13.1. The molecular formula is C14H20FNO. The molecule has 0 spiro atoms. The fourth-order valence-electron chi connectivity index (χ4n) is 2.67. The Kier molecular flexibility index (Phi) is 4.13. The summed E-state index contributed by atoms with van der Waals surface area (Å²) in [4.78, 5) is 2.29. The van der Waals surface area contributed by atoms with Crippen LogP contribution < -0.4 is 0 Å². The first-order valence-electron chi connectivity index (χ1n) is 6.31. The van der Waals surface area contributed by atoms with Gasteiger partial charge in [-0.15, -0.1) is 0 Å². The zero-order valence-corrected chi connectivity index (χ0v) is 10.3. The molecule has 0 bridgehead atoms. The predicted octanol–water partition coefficient (Wildman–Crippen LogP) is 2.56. The van der Waals surface area contributed by atoms with Crippen LogP contribution in [-0.4, -0.2) is 28.7 Å². The highest BCUT2D eigenvalue weighted by molar-refractivity contribution is 5.16. The molecule has 0 aliphatic carbocycles. The van der Waals surface area contributed by atoms with E-state index in [1.54, 1.807) is 12.1 Å². The largest absolute Gasteiger partial charge is 0.395 e. The lowest BCUT2D eigenvalue weighted by Crippen LogP contribution is -2.46. The number of benzene rings is 1. The third-order valence-corrected chi connectivity index (χ3v) is 3.66. The van der Waals surface area contributed by atoms with Crippen molar-refractivity contribution in [3.63, 3.8) is 0 Å². The molecule has 0 radical (unpaired) electrons. The lowest BCUT2D eigenvalue weighted by atomic mass is 9.96. The summed E-state index contributed by atoms with van der Waals surface area (Å²) in [6.45, 7) is 3.10. The van der Waals surface area contributed by atoms with Gasteiger partial charge in [0, 0.05) is 18.6 Å². The second-order valence-electron chi connectivity index (χ2n) is 4.92. The van der Waals surface area contributed by atoms with Crippen molar-refractivity contribution in [2.75, 3.05) is 6.61 Å². The summed E-state index contributed by atoms with van der Waals surface area (Å²) >= 11 is 0. The number of likely N-dealkylation sites (tertiary alicyclic amines) is 1. The Hall–Kier alpha value is -0.930. The Balaban J connectivity index is 2.09. The molecule has 1 aliphatic rings. The van der Waals surface area contributed by atoms with Crippen molar-refractivity contribution in [1.82, 2.24) is 4.90 Å². The van der Waals surface area contributed by atoms with Crippen molar-refractivity contribution in [2.24, 2.45) is 0 Å². The van der Waals surface area contributed by atoms with Gasteiger partial charge in [-0.25, -0.2) is 4.39 Å². The van der Waals surface area contributed by atoms with Crippen LogP contribution in [-0.2, 0) is 6.54 Å². The van der Waals surface area contributed by atoms with Gasteiger partial charge >= 0.3 is 0 Å². The molecule has 1 aromatic carbocycles. The smallest absolute Gasteiger partial charge is 0.123 e. The molecule has 1 saturated heterocycles. The first-order chi connectivity index (χ1) is 8.20. The molecule has 0 aromatic heterocycles. The maximum Gasteiger partial charge on any atom is 0.123 e. The minimum atomic E-state index is -0.187. The number of aliphatic hydroxyl groups is 1. The van der Waals surface area contributed by atoms with Crippen molar-refractivity contribution in [3.8, 4) is 0 Å². The molecule has 3 heteroatoms. The molecular weight excluding hydrogens is 217 g/mol. The highest BCUT2D eigenvalue weighted by Gasteiger charge is 2.27. The third-order valence-electron chi connectivity index (χ3n) is 3.66. The van der Waals surface area contributed by atoms with Crippen LogP contribution in [0.1, 0.15) is 31.7 Å². The van der Waals surface area contributed by atoms with Crippen LogP contribution in [0.5, 0.6) is 0 Å². The topological polar surface area (TPSA) is 23.5 Å². The molecule has 17 heavy (non-hydrogen) atoms. The van der Waals surface area contributed by atoms with Gasteiger partial charge < -0.3 is 5.11 Å². The molecule has 1 fully saturated rings. The van der Waals surface area contributed by atoms with E-state index >= 15 is 0 Å². The van der Waals surface area contributed by atoms with Crippen LogP contribution in [0.4, 0.5) is 4.39 Å². The molecule has 0 amide bonds. The Morgan fingerprint density at radius 2 is 2.24 bits per heavy atom. The summed E-state index contributed by atoms with van der Waals surface area (Å²) in [6.07, 6.45) is 3.37. The monoisotopic (exact) mass is 237 g/mol. The molecule has 2 unspecified atom stereocenters. The summed E-state index contributed by atoms with van der Waals surface area (Å²) in [7, 11) is 0. The van der Waals surface area contributed by atoms with Crippen LogP contribution in [0.25, 0.3) is 0 Å². The fourth-order valence-corrected chi connectivity index (χ4v) is 2.67. The van der Waals surface area contributed by atoms with Crippen molar-refractivity contribution in [3.05, 3.63) is 35.6 Å². The van der Waals surface area contributed by atoms with Gasteiger partial charge in [0.15, 0.2) is 0 Å². The van der Waals surface area contributed by atoms with Gasteiger partial charge in [0.2, 0.25) is 0 Å². The first-order valence-corrected chi connectivity index (χ1v) is 6.31. The molecule has 1 aliphatic heterocycles. The van der Waals surface area contributed by atoms with Gasteiger partial charge in [-0.1, -0.05) is 18.6 Å². The summed E-state index contributed by atoms with van der Waals surface area (Å²) in [5.41, 5.74) is 0.984. The number of aliphatic hydroxyl groups excluding tert-OH is 1. The van der Waals surface area contributed by atoms with Crippen molar-refractivity contribution < 1.29 is 9.50 Å². The second-order valence-corrected chi connectivity index (χ2v) is 4.92. The quantitative estimate of drug-likeness (QED) is 0.873. The van der Waals surface area contributed by atoms with E-state index in [1.807, 2.05) is 6.07 Å². The number of rotatable bonds is 3. The normalized spacial score (nSPS) is 26.1. The standard InChI is InChI=1S/C14H20FNO/c1-11-4-2-7-14(10-17)16(11)9-12-5-3-6-13(15)8-12/h3,5-6,8,11,14,17H,2,4,7,9-10H2,1H3. The van der Waals surface area contributed by atoms with Crippen LogP contribution in [0.3, 0.4) is 0 Å². The van der Waals surface area contributed by atoms with Crippen molar-refractivity contribution in [2.45, 2.75) is 44.8 Å². The highest BCUT2D eigenvalue weighted by atomic mass is 19.1. The van der Waals surface area contributed by atoms with Gasteiger partial charge in [-0.3, -0.25) is 4.90 Å². The Morgan fingerprint density at radius 3 is 2.94 bits per heavy atom. The van der Waals surface area contributed by atoms with E-state index in [2.05, 4.69) is 11.8 Å². The van der Waals surface area contributed by atoms with Crippen LogP contribution in [0, 0.1) is 5.82 Å². The summed E-state index contributed by atoms with van der Waals surface area (Å²) in [5, 5.41) is 9.40. The number of piperidine rings is 1. The molecule has 2 nitrogen and oxygen atoms in total. The number of halogens is 1. The molecule has 2 rings (SSSR count). The van der Waals surface area contributed by atoms with E-state index in [4.69, 9.17) is 0 Å². The number of hydrogen-bond acceptors (Lipinski definition) is 2. The average molecular weight is 237 g/mol. The molecule has 1 heterocycles. The van der Waals surface area contributed by atoms with E-state index in [1.165, 1.54) is 12.5 Å². The molecule has 0 saturated carbocycles. The van der Waals surface area contributed by atoms with E-state index in [0.29, 0.717) is 6.04 Å². The van der Waals surface area contributed by atoms with Crippen molar-refractivity contribution in [1.29, 1.82) is 0 Å². The van der Waals surface area contributed by atoms with Crippen molar-refractivity contribution >= 4 is 0 Å². The van der Waals surface area contributed by atoms with E-state index in [0.717, 1.165) is 24.9 Å². The Bertz CT molecular complexity index is 369. The molecule has 1 aromatic rings. The zero-order valence-electron chi connectivity index (χ0n) is 10.3. The molecule has 94 valence electrons. The summed E-state index contributed by atoms with van der Waals surface area (Å²) in [5.74, 6) is -0.187. The first kappa shape index (κ1) is 12.5. The molecule has 2 atom stereocenters. The van der Waals surface area contributed by atoms with Gasteiger partial charge in [0.25, 0.3) is 0 Å². The highest BCUT2D eigenvalue weighted by Crippen LogP contribution is 2.24. The van der Waals surface area contributed by atoms with E-state index in [9.17, 15) is 9.50 Å². The summed E-state index contributed by atoms with van der Waals surface area (Å²) < 4.78 is 13.1. The SMILES string of the molecule is CC1CCCC(CO)N1Cc1cccc(F)c1. The second kappa shape index (κ2) is 5.61. The van der Waals surface area contributed by atoms with Crippen LogP contribution >= 0.6 is 0 Å². The minimum absolute atomic E-state index is 0.187. The number of hydrogen-bond donors (Lipinski definition) is 1. The van der Waals surface area contributed by atoms with Gasteiger partial charge in [0.05, 0.1) is 6.61 Å². The third kappa shape index (κ3) is 3.05. The Morgan fingerprint density at radius 1 is 1.41 bits per heavy atom. The van der Waals surface area contributed by atoms with E-state index in [-0.39, 0.29) is 18.5 Å². The minimum Gasteiger partial charge on any atom is -0.395 e. The lowest BCUT2D eigenvalue weighted by Gasteiger charge is -2.40. The Labute approximate surface area is 102 Å². The van der Waals surface area contributed by atoms with Gasteiger partial charge in [0.1, 0.15) is 5.82 Å². The molecule has 1 N–H and O–H groups in total. The van der Waals surface area contributed by atoms with Gasteiger partial charge in [-0.2, -0.15) is 0 Å². The van der Waals surface area contributed by atoms with E-state index < -0.39 is 0 Å². The number of nitrogens with zero attached hydrogens (tertiary/aromatic N) is 1. The van der Waals surface area contributed by atoms with Crippen LogP contribution in [0.2, 0.25) is 0 Å². The zero-order chi connectivity index (χ0) is 12.3. The fraction of sp³-hybridized carbons (Fsp3) is 0.571. The predicted molar refractivity (Wildman–Crippen MR) is 66.1 cm³/mol. The van der Waals surface area contributed by atoms with Gasteiger partial charge in [-0.05, 0) is 37.5 Å².